The third-order valence-corrected chi connectivity index (χ3v) is 14.8. The highest BCUT2D eigenvalue weighted by molar-refractivity contribution is 7.22. The van der Waals surface area contributed by atoms with Crippen LogP contribution >= 0.6 is 22.7 Å². The Balaban J connectivity index is 1.42. The maximum absolute atomic E-state index is 10.8. The van der Waals surface area contributed by atoms with Gasteiger partial charge in [-0.25, -0.2) is 15.0 Å². The van der Waals surface area contributed by atoms with E-state index in [9.17, 15) is 5.26 Å². The maximum atomic E-state index is 10.8. The van der Waals surface area contributed by atoms with Crippen LogP contribution in [0.5, 0.6) is 0 Å². The van der Waals surface area contributed by atoms with Crippen molar-refractivity contribution in [2.75, 3.05) is 10.2 Å². The van der Waals surface area contributed by atoms with Crippen LogP contribution in [0, 0.1) is 59.8 Å². The Labute approximate surface area is 397 Å². The van der Waals surface area contributed by atoms with Crippen molar-refractivity contribution in [2.45, 2.75) is 128 Å². The number of nitriles is 1. The van der Waals surface area contributed by atoms with Crippen molar-refractivity contribution < 1.29 is 0 Å². The molecule has 338 valence electrons. The summed E-state index contributed by atoms with van der Waals surface area (Å²) >= 11 is 3.19. The van der Waals surface area contributed by atoms with Gasteiger partial charge in [-0.2, -0.15) is 15.0 Å². The number of anilines is 5. The average molecular weight is 913 g/mol. The highest BCUT2D eigenvalue weighted by Gasteiger charge is 2.31. The Hall–Kier alpha value is -6.29. The number of hydrogen-bond acceptors (Lipinski definition) is 11. The summed E-state index contributed by atoms with van der Waals surface area (Å²) in [4.78, 5) is 18.2. The van der Waals surface area contributed by atoms with Gasteiger partial charge in [0, 0.05) is 11.1 Å². The van der Waals surface area contributed by atoms with Crippen LogP contribution in [-0.4, -0.2) is 24.7 Å². The maximum Gasteiger partial charge on any atom is 0.213 e. The molecule has 0 fully saturated rings. The third kappa shape index (κ3) is 8.39. The minimum Gasteiger partial charge on any atom is -0.338 e. The molecule has 66 heavy (non-hydrogen) atoms. The molecule has 4 heterocycles. The zero-order chi connectivity index (χ0) is 47.4. The first-order valence-electron chi connectivity index (χ1n) is 23.0. The topological polar surface area (TPSA) is 120 Å². The summed E-state index contributed by atoms with van der Waals surface area (Å²) in [6.07, 6.45) is 3.34. The number of thiazole rings is 2. The van der Waals surface area contributed by atoms with Gasteiger partial charge in [-0.3, -0.25) is 4.90 Å². The molecule has 8 aromatic rings. The van der Waals surface area contributed by atoms with Gasteiger partial charge < -0.3 is 5.32 Å². The summed E-state index contributed by atoms with van der Waals surface area (Å²) in [6.45, 7) is 30.1. The monoisotopic (exact) mass is 912 g/mol. The number of aryl methyl sites for hydroxylation is 7. The Morgan fingerprint density at radius 1 is 0.697 bits per heavy atom. The number of aromatic nitrogens is 5. The molecular formula is C54H60N10S2. The number of hydrogen-bond donors (Lipinski definition) is 1. The van der Waals surface area contributed by atoms with Gasteiger partial charge in [0.2, 0.25) is 5.13 Å². The lowest BCUT2D eigenvalue weighted by Gasteiger charge is -2.29. The minimum absolute atomic E-state index is 0.323. The summed E-state index contributed by atoms with van der Waals surface area (Å²) in [5, 5.41) is 31.3. The van der Waals surface area contributed by atoms with E-state index < -0.39 is 5.41 Å². The average Bonchev–Trinajstić information content (AvgIpc) is 4.00. The van der Waals surface area contributed by atoms with Crippen LogP contribution in [0.1, 0.15) is 121 Å². The number of nitrogens with one attached hydrogen (secondary N) is 1. The fourth-order valence-electron chi connectivity index (χ4n) is 8.95. The Bertz CT molecular complexity index is 3260. The van der Waals surface area contributed by atoms with Crippen molar-refractivity contribution in [3.05, 3.63) is 127 Å². The molecule has 4 aromatic heterocycles. The first-order valence-corrected chi connectivity index (χ1v) is 24.7. The number of benzene rings is 4. The van der Waals surface area contributed by atoms with Gasteiger partial charge >= 0.3 is 0 Å². The van der Waals surface area contributed by atoms with Crippen molar-refractivity contribution in [1.82, 2.24) is 24.7 Å². The molecule has 0 saturated heterocycles. The Morgan fingerprint density at radius 2 is 1.30 bits per heavy atom. The molecule has 0 unspecified atom stereocenters. The van der Waals surface area contributed by atoms with Crippen LogP contribution < -0.4 is 10.2 Å². The molecule has 0 aliphatic carbocycles. The summed E-state index contributed by atoms with van der Waals surface area (Å²) in [5.41, 5.74) is 18.2. The van der Waals surface area contributed by atoms with Gasteiger partial charge in [-0.05, 0) is 166 Å². The van der Waals surface area contributed by atoms with E-state index in [1.165, 1.54) is 61.4 Å². The SMILES string of the molecule is CCc1cc(C)c(C)c(CC)c1Nc1nc(N(c2nc3ccc(C)cc3s2)c2c(CC)cc(C)c(C)c2CC)cc(C)c1/N=N/c1c(C#N)c(C(C)(C)C)nn1-c1nc2ccc(C)cc2s1. The molecule has 0 radical (unpaired) electrons. The second kappa shape index (κ2) is 18.2. The minimum atomic E-state index is -0.456. The molecule has 0 spiro atoms. The van der Waals surface area contributed by atoms with E-state index >= 15 is 0 Å². The van der Waals surface area contributed by atoms with Crippen LogP contribution in [-0.2, 0) is 31.1 Å². The fourth-order valence-corrected chi connectivity index (χ4v) is 11.1. The molecule has 0 bridgehead atoms. The van der Waals surface area contributed by atoms with Gasteiger partial charge in [0.05, 0.1) is 31.8 Å². The second-order valence-corrected chi connectivity index (χ2v) is 20.5. The molecule has 0 aliphatic rings. The molecule has 8 rings (SSSR count). The first kappa shape index (κ1) is 46.2. The summed E-state index contributed by atoms with van der Waals surface area (Å²) in [6, 6.07) is 21.8. The van der Waals surface area contributed by atoms with E-state index in [2.05, 4.69) is 162 Å². The van der Waals surface area contributed by atoms with Crippen molar-refractivity contribution in [2.24, 2.45) is 10.2 Å². The predicted octanol–water partition coefficient (Wildman–Crippen LogP) is 15.7. The van der Waals surface area contributed by atoms with Gasteiger partial charge in [0.1, 0.15) is 23.1 Å². The van der Waals surface area contributed by atoms with Gasteiger partial charge in [-0.1, -0.05) is 95.4 Å². The van der Waals surface area contributed by atoms with Crippen molar-refractivity contribution in [3.63, 3.8) is 0 Å². The molecule has 10 nitrogen and oxygen atoms in total. The first-order chi connectivity index (χ1) is 31.5. The molecule has 4 aromatic carbocycles. The largest absolute Gasteiger partial charge is 0.338 e. The van der Waals surface area contributed by atoms with Crippen molar-refractivity contribution in [1.29, 1.82) is 5.26 Å². The zero-order valence-corrected chi connectivity index (χ0v) is 42.5. The quantitative estimate of drug-likeness (QED) is 0.121. The normalized spacial score (nSPS) is 12.0. The lowest BCUT2D eigenvalue weighted by molar-refractivity contribution is 0.559. The fraction of sp³-hybridized carbons (Fsp3) is 0.352. The standard InChI is InChI=1S/C54H60N10S2/c1-15-36-25-31(7)34(10)38(17-3)47(36)59-50-46(60-61-51-40(28-55)49(54(12,13)14)62-64(51)53-57-42-22-20-30(6)24-44(42)66-53)33(9)27-45(58-50)63(52-56-41-21-19-29(5)23-43(41)65-52)48-37(16-2)26-32(8)35(11)39(48)18-4/h19-27H,15-18H2,1-14H3,(H,58,59)/b61-60+. The van der Waals surface area contributed by atoms with Crippen LogP contribution in [0.4, 0.5) is 39.6 Å². The van der Waals surface area contributed by atoms with E-state index in [4.69, 9.17) is 30.3 Å². The zero-order valence-electron chi connectivity index (χ0n) is 40.9. The summed E-state index contributed by atoms with van der Waals surface area (Å²) in [5.74, 6) is 1.60. The van der Waals surface area contributed by atoms with E-state index in [0.717, 1.165) is 79.6 Å². The van der Waals surface area contributed by atoms with E-state index in [0.29, 0.717) is 33.7 Å². The van der Waals surface area contributed by atoms with Crippen molar-refractivity contribution in [3.8, 4) is 11.2 Å². The molecule has 0 saturated carbocycles. The van der Waals surface area contributed by atoms with E-state index in [1.54, 1.807) is 16.0 Å². The van der Waals surface area contributed by atoms with Crippen LogP contribution in [0.3, 0.4) is 0 Å². The van der Waals surface area contributed by atoms with Crippen LogP contribution in [0.15, 0.2) is 64.8 Å². The molecule has 0 amide bonds. The number of fused-ring (bicyclic) bond motifs is 2. The highest BCUT2D eigenvalue weighted by atomic mass is 32.1. The Morgan fingerprint density at radius 3 is 1.91 bits per heavy atom. The van der Waals surface area contributed by atoms with Gasteiger partial charge in [0.25, 0.3) is 0 Å². The van der Waals surface area contributed by atoms with Crippen molar-refractivity contribution >= 4 is 82.8 Å². The Kier molecular flexibility index (Phi) is 12.7. The van der Waals surface area contributed by atoms with Crippen LogP contribution in [0.25, 0.3) is 25.6 Å². The van der Waals surface area contributed by atoms with E-state index in [-0.39, 0.29) is 0 Å². The third-order valence-electron chi connectivity index (χ3n) is 12.8. The lowest BCUT2D eigenvalue weighted by atomic mass is 9.90. The van der Waals surface area contributed by atoms with Gasteiger partial charge in [0.15, 0.2) is 16.8 Å². The molecule has 12 heteroatoms. The van der Waals surface area contributed by atoms with Gasteiger partial charge in [-0.15, -0.1) is 10.2 Å². The number of azo groups is 1. The number of nitrogens with zero attached hydrogens (tertiary/aromatic N) is 9. The van der Waals surface area contributed by atoms with E-state index in [1.807, 2.05) is 6.07 Å². The molecule has 0 atom stereocenters. The number of pyridine rings is 1. The second-order valence-electron chi connectivity index (χ2n) is 18.5. The highest BCUT2D eigenvalue weighted by Crippen LogP contribution is 2.47. The molecular weight excluding hydrogens is 853 g/mol. The molecule has 1 N–H and O–H groups in total. The molecule has 0 aliphatic heterocycles. The smallest absolute Gasteiger partial charge is 0.213 e. The van der Waals surface area contributed by atoms with Crippen LogP contribution in [0.2, 0.25) is 0 Å². The predicted molar refractivity (Wildman–Crippen MR) is 277 cm³/mol. The summed E-state index contributed by atoms with van der Waals surface area (Å²) < 4.78 is 3.84. The lowest BCUT2D eigenvalue weighted by Crippen LogP contribution is -2.18. The summed E-state index contributed by atoms with van der Waals surface area (Å²) in [7, 11) is 0. The number of rotatable bonds is 12.